The van der Waals surface area contributed by atoms with Crippen LogP contribution < -0.4 is 10.1 Å². The smallest absolute Gasteiger partial charge is 0.271 e. The lowest BCUT2D eigenvalue weighted by molar-refractivity contribution is -0.127. The molecule has 0 bridgehead atoms. The van der Waals surface area contributed by atoms with Crippen LogP contribution in [-0.2, 0) is 16.6 Å². The van der Waals surface area contributed by atoms with E-state index >= 15 is 0 Å². The lowest BCUT2D eigenvalue weighted by atomic mass is 10.0. The molecule has 1 rings (SSSR count). The topological polar surface area (TPSA) is 63.5 Å². The van der Waals surface area contributed by atoms with E-state index in [4.69, 9.17) is 0 Å². The van der Waals surface area contributed by atoms with E-state index in [0.717, 1.165) is 0 Å². The van der Waals surface area contributed by atoms with Crippen LogP contribution in [0, 0.1) is 5.92 Å². The molecule has 0 aromatic carbocycles. The third kappa shape index (κ3) is 3.81. The van der Waals surface area contributed by atoms with E-state index in [1.807, 2.05) is 32.5 Å². The number of hydrogen-bond acceptors (Lipinski definition) is 3. The molecule has 17 heavy (non-hydrogen) atoms. The molecule has 0 saturated carbocycles. The molecule has 2 amide bonds. The Morgan fingerprint density at radius 2 is 2.12 bits per heavy atom. The van der Waals surface area contributed by atoms with E-state index in [1.165, 1.54) is 18.3 Å². The van der Waals surface area contributed by atoms with Crippen LogP contribution >= 0.6 is 11.3 Å². The summed E-state index contributed by atoms with van der Waals surface area (Å²) in [7, 11) is 1.82. The summed E-state index contributed by atoms with van der Waals surface area (Å²) in [6.07, 6.45) is 1.83. The van der Waals surface area contributed by atoms with Crippen molar-refractivity contribution < 1.29 is 9.59 Å². The lowest BCUT2D eigenvalue weighted by Gasteiger charge is -2.17. The van der Waals surface area contributed by atoms with Crippen LogP contribution in [0.15, 0.2) is 16.6 Å². The van der Waals surface area contributed by atoms with Crippen molar-refractivity contribution in [3.8, 4) is 0 Å². The summed E-state index contributed by atoms with van der Waals surface area (Å²) < 4.78 is 1.77. The van der Waals surface area contributed by atoms with Gasteiger partial charge in [-0.15, -0.1) is 11.3 Å². The zero-order valence-electron chi connectivity index (χ0n) is 10.4. The summed E-state index contributed by atoms with van der Waals surface area (Å²) in [5.41, 5.74) is 0. The van der Waals surface area contributed by atoms with Crippen molar-refractivity contribution in [1.29, 1.82) is 0 Å². The van der Waals surface area contributed by atoms with E-state index in [1.54, 1.807) is 4.57 Å². The predicted molar refractivity (Wildman–Crippen MR) is 66.3 cm³/mol. The molecule has 1 unspecified atom stereocenters. The van der Waals surface area contributed by atoms with E-state index in [9.17, 15) is 9.59 Å². The molecule has 94 valence electrons. The summed E-state index contributed by atoms with van der Waals surface area (Å²) in [4.78, 5) is 27.6. The summed E-state index contributed by atoms with van der Waals surface area (Å²) in [6.45, 7) is 5.15. The molecule has 1 aromatic rings. The average Bonchev–Trinajstić information content (AvgIpc) is 2.60. The highest BCUT2D eigenvalue weighted by Gasteiger charge is 2.22. The van der Waals surface area contributed by atoms with Gasteiger partial charge in [-0.1, -0.05) is 13.8 Å². The first-order valence-electron chi connectivity index (χ1n) is 5.37. The minimum Gasteiger partial charge on any atom is -0.344 e. The number of aryl methyl sites for hydroxylation is 1. The molecule has 1 N–H and O–H groups in total. The van der Waals surface area contributed by atoms with E-state index in [-0.39, 0.29) is 17.7 Å². The number of rotatable bonds is 3. The molecule has 6 heteroatoms. The third-order valence-electron chi connectivity index (χ3n) is 2.26. The van der Waals surface area contributed by atoms with Crippen LogP contribution in [-0.4, -0.2) is 22.4 Å². The second kappa shape index (κ2) is 5.77. The minimum atomic E-state index is -0.561. The lowest BCUT2D eigenvalue weighted by Crippen LogP contribution is -2.43. The van der Waals surface area contributed by atoms with Gasteiger partial charge >= 0.3 is 0 Å². The third-order valence-corrected chi connectivity index (χ3v) is 3.10. The second-order valence-corrected chi connectivity index (χ2v) is 5.04. The summed E-state index contributed by atoms with van der Waals surface area (Å²) in [6, 6.07) is -0.561. The molecular formula is C11H17N3O2S. The highest BCUT2D eigenvalue weighted by atomic mass is 32.1. The van der Waals surface area contributed by atoms with Gasteiger partial charge in [-0.2, -0.15) is 4.99 Å². The molecule has 0 spiro atoms. The van der Waals surface area contributed by atoms with E-state index in [0.29, 0.717) is 4.80 Å². The summed E-state index contributed by atoms with van der Waals surface area (Å²) in [5, 5.41) is 4.48. The Bertz CT molecular complexity index is 473. The van der Waals surface area contributed by atoms with Crippen molar-refractivity contribution in [2.75, 3.05) is 0 Å². The van der Waals surface area contributed by atoms with Crippen molar-refractivity contribution in [2.24, 2.45) is 18.0 Å². The predicted octanol–water partition coefficient (Wildman–Crippen LogP) is 0.675. The van der Waals surface area contributed by atoms with Crippen molar-refractivity contribution in [2.45, 2.75) is 26.8 Å². The Balaban J connectivity index is 2.94. The highest BCUT2D eigenvalue weighted by Crippen LogP contribution is 2.03. The zero-order chi connectivity index (χ0) is 13.0. The maximum atomic E-state index is 12.0. The molecule has 0 aliphatic carbocycles. The molecule has 0 saturated heterocycles. The Kier molecular flexibility index (Phi) is 4.62. The molecule has 0 radical (unpaired) electrons. The van der Waals surface area contributed by atoms with Gasteiger partial charge in [0.05, 0.1) is 0 Å². The van der Waals surface area contributed by atoms with Crippen LogP contribution in [0.4, 0.5) is 0 Å². The first-order chi connectivity index (χ1) is 7.91. The number of hydrogen-bond donors (Lipinski definition) is 1. The average molecular weight is 255 g/mol. The Morgan fingerprint density at radius 3 is 2.53 bits per heavy atom. The number of nitrogens with one attached hydrogen (secondary N) is 1. The SMILES string of the molecule is CC(=O)NC(C(=O)N=c1sccn1C)C(C)C. The van der Waals surface area contributed by atoms with Crippen molar-refractivity contribution in [3.05, 3.63) is 16.4 Å². The first-order valence-corrected chi connectivity index (χ1v) is 6.25. The normalized spacial score (nSPS) is 13.8. The standard InChI is InChI=1S/C11H17N3O2S/c1-7(2)9(12-8(3)15)10(16)13-11-14(4)5-6-17-11/h5-7,9H,1-4H3,(H,12,15). The molecule has 0 fully saturated rings. The Morgan fingerprint density at radius 1 is 1.47 bits per heavy atom. The fourth-order valence-corrected chi connectivity index (χ4v) is 2.07. The Labute approximate surface area is 104 Å². The van der Waals surface area contributed by atoms with Gasteiger partial charge in [-0.05, 0) is 5.92 Å². The van der Waals surface area contributed by atoms with Crippen molar-refractivity contribution in [1.82, 2.24) is 9.88 Å². The van der Waals surface area contributed by atoms with Gasteiger partial charge in [0.2, 0.25) is 5.91 Å². The molecular weight excluding hydrogens is 238 g/mol. The number of aromatic nitrogens is 1. The van der Waals surface area contributed by atoms with Crippen molar-refractivity contribution >= 4 is 23.2 Å². The van der Waals surface area contributed by atoms with Gasteiger partial charge in [0.25, 0.3) is 5.91 Å². The quantitative estimate of drug-likeness (QED) is 0.863. The summed E-state index contributed by atoms with van der Waals surface area (Å²) >= 11 is 1.39. The van der Waals surface area contributed by atoms with E-state index in [2.05, 4.69) is 10.3 Å². The number of nitrogens with zero attached hydrogens (tertiary/aromatic N) is 2. The van der Waals surface area contributed by atoms with Gasteiger partial charge < -0.3 is 9.88 Å². The van der Waals surface area contributed by atoms with Crippen molar-refractivity contribution in [3.63, 3.8) is 0 Å². The van der Waals surface area contributed by atoms with Gasteiger partial charge in [0.1, 0.15) is 6.04 Å². The number of carbonyl (C=O) groups excluding carboxylic acids is 2. The van der Waals surface area contributed by atoms with Gasteiger partial charge in [-0.25, -0.2) is 0 Å². The van der Waals surface area contributed by atoms with Gasteiger partial charge in [0.15, 0.2) is 4.80 Å². The maximum Gasteiger partial charge on any atom is 0.271 e. The fourth-order valence-electron chi connectivity index (χ4n) is 1.33. The molecule has 0 aliphatic heterocycles. The van der Waals surface area contributed by atoms with Crippen LogP contribution in [0.5, 0.6) is 0 Å². The van der Waals surface area contributed by atoms with Crippen LogP contribution in [0.2, 0.25) is 0 Å². The molecule has 5 nitrogen and oxygen atoms in total. The number of thiazole rings is 1. The molecule has 0 aliphatic rings. The Hall–Kier alpha value is -1.43. The monoisotopic (exact) mass is 255 g/mol. The summed E-state index contributed by atoms with van der Waals surface area (Å²) in [5.74, 6) is -0.517. The van der Waals surface area contributed by atoms with Crippen LogP contribution in [0.25, 0.3) is 0 Å². The molecule has 1 atom stereocenters. The van der Waals surface area contributed by atoms with Gasteiger partial charge in [0, 0.05) is 25.5 Å². The van der Waals surface area contributed by atoms with Crippen LogP contribution in [0.1, 0.15) is 20.8 Å². The zero-order valence-corrected chi connectivity index (χ0v) is 11.2. The number of amides is 2. The molecule has 1 heterocycles. The van der Waals surface area contributed by atoms with E-state index < -0.39 is 6.04 Å². The number of carbonyl (C=O) groups is 2. The second-order valence-electron chi connectivity index (χ2n) is 4.17. The largest absolute Gasteiger partial charge is 0.344 e. The molecule has 1 aromatic heterocycles. The first kappa shape index (κ1) is 13.6. The fraction of sp³-hybridized carbons (Fsp3) is 0.545. The minimum absolute atomic E-state index is 0.0143. The van der Waals surface area contributed by atoms with Crippen LogP contribution in [0.3, 0.4) is 0 Å². The maximum absolute atomic E-state index is 12.0. The van der Waals surface area contributed by atoms with Gasteiger partial charge in [-0.3, -0.25) is 9.59 Å². The highest BCUT2D eigenvalue weighted by molar-refractivity contribution is 7.07.